The predicted molar refractivity (Wildman–Crippen MR) is 107 cm³/mol. The summed E-state index contributed by atoms with van der Waals surface area (Å²) in [4.78, 5) is 20.8. The number of nitrogens with one attached hydrogen (secondary N) is 1. The molecule has 0 unspecified atom stereocenters. The molecule has 0 spiro atoms. The molecule has 140 valence electrons. The van der Waals surface area contributed by atoms with Gasteiger partial charge in [0, 0.05) is 11.6 Å². The zero-order valence-corrected chi connectivity index (χ0v) is 14.8. The summed E-state index contributed by atoms with van der Waals surface area (Å²) in [5.74, 6) is 0. The number of rotatable bonds is 4. The number of fused-ring (bicyclic) bond motifs is 3. The molecule has 0 bridgehead atoms. The average Bonchev–Trinajstić information content (AvgIpc) is 2.71. The highest BCUT2D eigenvalue weighted by molar-refractivity contribution is 6.07. The zero-order valence-electron chi connectivity index (χ0n) is 14.8. The van der Waals surface area contributed by atoms with Crippen molar-refractivity contribution in [1.82, 2.24) is 0 Å². The molecule has 1 N–H and O–H groups in total. The van der Waals surface area contributed by atoms with Crippen LogP contribution in [0.25, 0.3) is 10.8 Å². The van der Waals surface area contributed by atoms with Crippen molar-refractivity contribution in [2.24, 2.45) is 5.10 Å². The number of nitrogens with zero attached hydrogens (tertiary/aromatic N) is 3. The smallest absolute Gasteiger partial charge is 0.271 e. The van der Waals surface area contributed by atoms with E-state index in [1.165, 1.54) is 28.5 Å². The van der Waals surface area contributed by atoms with Gasteiger partial charge in [-0.2, -0.15) is 5.10 Å². The van der Waals surface area contributed by atoms with E-state index in [0.717, 1.165) is 36.6 Å². The van der Waals surface area contributed by atoms with Gasteiger partial charge in [0.2, 0.25) is 0 Å². The van der Waals surface area contributed by atoms with Crippen LogP contribution in [0.5, 0.6) is 0 Å². The van der Waals surface area contributed by atoms with Crippen LogP contribution in [-0.2, 0) is 6.42 Å². The summed E-state index contributed by atoms with van der Waals surface area (Å²) in [6.45, 7) is 0. The number of anilines is 1. The number of nitro benzene ring substituents is 2. The third kappa shape index (κ3) is 3.16. The van der Waals surface area contributed by atoms with E-state index < -0.39 is 9.85 Å². The molecular weight excluding hydrogens is 360 g/mol. The molecule has 8 nitrogen and oxygen atoms in total. The third-order valence-electron chi connectivity index (χ3n) is 4.89. The van der Waals surface area contributed by atoms with E-state index in [4.69, 9.17) is 0 Å². The van der Waals surface area contributed by atoms with Crippen molar-refractivity contribution in [3.63, 3.8) is 0 Å². The van der Waals surface area contributed by atoms with Gasteiger partial charge in [-0.1, -0.05) is 36.4 Å². The van der Waals surface area contributed by atoms with Crippen LogP contribution in [0.1, 0.15) is 24.0 Å². The van der Waals surface area contributed by atoms with Crippen molar-refractivity contribution in [2.45, 2.75) is 19.3 Å². The minimum absolute atomic E-state index is 0.121. The largest absolute Gasteiger partial charge is 0.301 e. The van der Waals surface area contributed by atoms with E-state index in [0.29, 0.717) is 0 Å². The normalized spacial score (nSPS) is 14.6. The maximum atomic E-state index is 11.3. The Morgan fingerprint density at radius 3 is 2.54 bits per heavy atom. The Labute approximate surface area is 159 Å². The zero-order chi connectivity index (χ0) is 19.7. The summed E-state index contributed by atoms with van der Waals surface area (Å²) in [5.41, 5.74) is 5.22. The van der Waals surface area contributed by atoms with Crippen molar-refractivity contribution in [3.8, 4) is 0 Å². The molecule has 0 heterocycles. The number of nitro groups is 2. The van der Waals surface area contributed by atoms with E-state index in [1.807, 2.05) is 24.3 Å². The molecular formula is C20H16N4O4. The lowest BCUT2D eigenvalue weighted by atomic mass is 9.86. The summed E-state index contributed by atoms with van der Waals surface area (Å²) in [5, 5.41) is 28.9. The van der Waals surface area contributed by atoms with Crippen LogP contribution in [0.3, 0.4) is 0 Å². The van der Waals surface area contributed by atoms with Gasteiger partial charge in [0.05, 0.1) is 21.6 Å². The summed E-state index contributed by atoms with van der Waals surface area (Å²) in [7, 11) is 0. The molecule has 4 rings (SSSR count). The van der Waals surface area contributed by atoms with E-state index in [2.05, 4.69) is 22.7 Å². The Bertz CT molecular complexity index is 1140. The summed E-state index contributed by atoms with van der Waals surface area (Å²) in [6.07, 6.45) is 2.64. The lowest BCUT2D eigenvalue weighted by Gasteiger charge is -2.20. The molecule has 0 aromatic heterocycles. The summed E-state index contributed by atoms with van der Waals surface area (Å²) >= 11 is 0. The molecule has 28 heavy (non-hydrogen) atoms. The standard InChI is InChI=1S/C20H16N4O4/c25-23(26)14-9-11-19(20(12-14)24(27)28)22-21-18-7-3-6-16-15-5-2-1-4-13(15)8-10-17(16)18/h1-2,4-5,8-12,22H,3,6-7H2. The average molecular weight is 376 g/mol. The first-order valence-corrected chi connectivity index (χ1v) is 8.81. The monoisotopic (exact) mass is 376 g/mol. The molecule has 1 aliphatic carbocycles. The maximum Gasteiger partial charge on any atom is 0.301 e. The minimum atomic E-state index is -0.662. The molecule has 0 atom stereocenters. The second-order valence-electron chi connectivity index (χ2n) is 6.55. The third-order valence-corrected chi connectivity index (χ3v) is 4.89. The fourth-order valence-corrected chi connectivity index (χ4v) is 3.57. The second-order valence-corrected chi connectivity index (χ2v) is 6.55. The highest BCUT2D eigenvalue weighted by atomic mass is 16.6. The highest BCUT2D eigenvalue weighted by Crippen LogP contribution is 2.31. The van der Waals surface area contributed by atoms with Crippen LogP contribution in [0.15, 0.2) is 59.7 Å². The van der Waals surface area contributed by atoms with Crippen LogP contribution in [0.2, 0.25) is 0 Å². The van der Waals surface area contributed by atoms with E-state index >= 15 is 0 Å². The van der Waals surface area contributed by atoms with Crippen LogP contribution in [0, 0.1) is 20.2 Å². The Balaban J connectivity index is 1.72. The summed E-state index contributed by atoms with van der Waals surface area (Å²) < 4.78 is 0. The van der Waals surface area contributed by atoms with Crippen LogP contribution in [0.4, 0.5) is 17.1 Å². The molecule has 0 saturated carbocycles. The number of hydrazone groups is 1. The first kappa shape index (κ1) is 17.6. The Morgan fingerprint density at radius 1 is 0.929 bits per heavy atom. The molecule has 8 heteroatoms. The van der Waals surface area contributed by atoms with Gasteiger partial charge >= 0.3 is 5.69 Å². The van der Waals surface area contributed by atoms with Gasteiger partial charge in [-0.3, -0.25) is 25.7 Å². The van der Waals surface area contributed by atoms with Crippen LogP contribution < -0.4 is 5.43 Å². The van der Waals surface area contributed by atoms with Crippen LogP contribution in [-0.4, -0.2) is 15.6 Å². The number of benzene rings is 3. The molecule has 0 amide bonds. The lowest BCUT2D eigenvalue weighted by Crippen LogP contribution is -2.14. The van der Waals surface area contributed by atoms with Gasteiger partial charge in [-0.15, -0.1) is 0 Å². The fraction of sp³-hybridized carbons (Fsp3) is 0.150. The van der Waals surface area contributed by atoms with Crippen molar-refractivity contribution >= 4 is 33.5 Å². The van der Waals surface area contributed by atoms with Crippen molar-refractivity contribution in [1.29, 1.82) is 0 Å². The highest BCUT2D eigenvalue weighted by Gasteiger charge is 2.21. The van der Waals surface area contributed by atoms with Gasteiger partial charge in [0.25, 0.3) is 5.69 Å². The quantitative estimate of drug-likeness (QED) is 0.519. The molecule has 3 aromatic carbocycles. The van der Waals surface area contributed by atoms with Gasteiger partial charge in [0.1, 0.15) is 5.69 Å². The van der Waals surface area contributed by atoms with E-state index in [-0.39, 0.29) is 17.1 Å². The van der Waals surface area contributed by atoms with Gasteiger partial charge in [0.15, 0.2) is 0 Å². The first-order valence-electron chi connectivity index (χ1n) is 8.81. The lowest BCUT2D eigenvalue weighted by molar-refractivity contribution is -0.393. The fourth-order valence-electron chi connectivity index (χ4n) is 3.57. The minimum Gasteiger partial charge on any atom is -0.271 e. The number of aryl methyl sites for hydroxylation is 1. The topological polar surface area (TPSA) is 111 Å². The van der Waals surface area contributed by atoms with E-state index in [9.17, 15) is 20.2 Å². The SMILES string of the molecule is O=[N+]([O-])c1ccc(NN=C2CCCc3c2ccc2ccccc32)c([N+](=O)[O-])c1. The molecule has 1 aliphatic rings. The van der Waals surface area contributed by atoms with Gasteiger partial charge < -0.3 is 0 Å². The summed E-state index contributed by atoms with van der Waals surface area (Å²) in [6, 6.07) is 15.7. The number of hydrogen-bond donors (Lipinski definition) is 1. The number of non-ortho nitro benzene ring substituents is 1. The Morgan fingerprint density at radius 2 is 1.75 bits per heavy atom. The maximum absolute atomic E-state index is 11.3. The second kappa shape index (κ2) is 7.07. The van der Waals surface area contributed by atoms with Crippen molar-refractivity contribution < 1.29 is 9.85 Å². The Hall–Kier alpha value is -3.81. The first-order chi connectivity index (χ1) is 13.5. The van der Waals surface area contributed by atoms with Crippen molar-refractivity contribution in [3.05, 3.63) is 86.0 Å². The molecule has 0 radical (unpaired) electrons. The van der Waals surface area contributed by atoms with Gasteiger partial charge in [-0.25, -0.2) is 0 Å². The molecule has 3 aromatic rings. The Kier molecular flexibility index (Phi) is 4.44. The molecule has 0 aliphatic heterocycles. The van der Waals surface area contributed by atoms with E-state index in [1.54, 1.807) is 0 Å². The van der Waals surface area contributed by atoms with Crippen molar-refractivity contribution in [2.75, 3.05) is 5.43 Å². The molecule has 0 fully saturated rings. The van der Waals surface area contributed by atoms with Gasteiger partial charge in [-0.05, 0) is 41.7 Å². The predicted octanol–water partition coefficient (Wildman–Crippen LogP) is 4.81. The number of hydrogen-bond acceptors (Lipinski definition) is 6. The van der Waals surface area contributed by atoms with Crippen LogP contribution >= 0.6 is 0 Å². The molecule has 0 saturated heterocycles.